The van der Waals surface area contributed by atoms with Gasteiger partial charge in [-0.15, -0.1) is 0 Å². The van der Waals surface area contributed by atoms with Gasteiger partial charge in [0, 0.05) is 36.7 Å². The average Bonchev–Trinajstić information content (AvgIpc) is 3.04. The summed E-state index contributed by atoms with van der Waals surface area (Å²) < 4.78 is 16.6. The molecule has 2 aromatic carbocycles. The molecule has 0 aliphatic carbocycles. The van der Waals surface area contributed by atoms with Crippen LogP contribution in [0.5, 0.6) is 17.2 Å². The van der Waals surface area contributed by atoms with Gasteiger partial charge < -0.3 is 24.4 Å². The monoisotopic (exact) mass is 424 g/mol. The van der Waals surface area contributed by atoms with Gasteiger partial charge in [-0.25, -0.2) is 0 Å². The van der Waals surface area contributed by atoms with E-state index in [4.69, 9.17) is 14.2 Å². The van der Waals surface area contributed by atoms with Gasteiger partial charge in [0.1, 0.15) is 5.75 Å². The molecule has 0 bridgehead atoms. The molecule has 0 atom stereocenters. The van der Waals surface area contributed by atoms with Crippen LogP contribution in [0.4, 0.5) is 0 Å². The van der Waals surface area contributed by atoms with Gasteiger partial charge >= 0.3 is 0 Å². The van der Waals surface area contributed by atoms with E-state index in [1.54, 1.807) is 25.3 Å². The molecule has 1 N–H and O–H groups in total. The van der Waals surface area contributed by atoms with E-state index >= 15 is 0 Å². The summed E-state index contributed by atoms with van der Waals surface area (Å²) in [5.41, 5.74) is 1.44. The van der Waals surface area contributed by atoms with Gasteiger partial charge in [0.2, 0.25) is 5.91 Å². The highest BCUT2D eigenvalue weighted by Gasteiger charge is 2.25. The molecule has 7 heteroatoms. The number of piperidine rings is 1. The first kappa shape index (κ1) is 21.0. The van der Waals surface area contributed by atoms with Crippen LogP contribution in [-0.4, -0.2) is 56.2 Å². The Morgan fingerprint density at radius 1 is 1.06 bits per heavy atom. The number of methoxy groups -OCH3 is 1. The van der Waals surface area contributed by atoms with Gasteiger partial charge in [0.25, 0.3) is 5.91 Å². The predicted octanol–water partition coefficient (Wildman–Crippen LogP) is 2.82. The molecule has 2 heterocycles. The fraction of sp³-hybridized carbons (Fsp3) is 0.417. The van der Waals surface area contributed by atoms with Gasteiger partial charge in [0.15, 0.2) is 11.5 Å². The Morgan fingerprint density at radius 3 is 2.58 bits per heavy atom. The molecule has 2 amide bonds. The Bertz CT molecular complexity index is 937. The van der Waals surface area contributed by atoms with Crippen molar-refractivity contribution < 1.29 is 23.8 Å². The molecule has 0 spiro atoms. The zero-order chi connectivity index (χ0) is 21.6. The second kappa shape index (κ2) is 9.73. The van der Waals surface area contributed by atoms with Gasteiger partial charge in [-0.05, 0) is 37.1 Å². The van der Waals surface area contributed by atoms with E-state index in [0.717, 1.165) is 30.6 Å². The Balaban J connectivity index is 1.29. The van der Waals surface area contributed by atoms with Crippen molar-refractivity contribution in [3.63, 3.8) is 0 Å². The lowest BCUT2D eigenvalue weighted by molar-refractivity contribution is -0.131. The third-order valence-corrected chi connectivity index (χ3v) is 5.73. The maximum Gasteiger partial charge on any atom is 0.251 e. The fourth-order valence-corrected chi connectivity index (χ4v) is 3.97. The molecule has 0 aromatic heterocycles. The van der Waals surface area contributed by atoms with Crippen LogP contribution in [-0.2, 0) is 11.2 Å². The van der Waals surface area contributed by atoms with Crippen LogP contribution < -0.4 is 19.5 Å². The first-order valence-corrected chi connectivity index (χ1v) is 10.7. The minimum absolute atomic E-state index is 0.0405. The summed E-state index contributed by atoms with van der Waals surface area (Å²) >= 11 is 0. The molecule has 0 radical (unpaired) electrons. The Morgan fingerprint density at radius 2 is 1.81 bits per heavy atom. The first-order valence-electron chi connectivity index (χ1n) is 10.7. The summed E-state index contributed by atoms with van der Waals surface area (Å²) in [6.07, 6.45) is 2.60. The molecule has 1 saturated heterocycles. The van der Waals surface area contributed by atoms with Gasteiger partial charge in [-0.2, -0.15) is 0 Å². The zero-order valence-electron chi connectivity index (χ0n) is 17.8. The van der Waals surface area contributed by atoms with Crippen LogP contribution in [0.3, 0.4) is 0 Å². The van der Waals surface area contributed by atoms with E-state index in [2.05, 4.69) is 5.32 Å². The molecule has 4 rings (SSSR count). The van der Waals surface area contributed by atoms with Gasteiger partial charge in [0.05, 0.1) is 26.7 Å². The van der Waals surface area contributed by atoms with Crippen LogP contribution in [0.2, 0.25) is 0 Å². The lowest BCUT2D eigenvalue weighted by Crippen LogP contribution is -2.47. The highest BCUT2D eigenvalue weighted by atomic mass is 16.5. The number of carbonyl (C=O) groups excluding carboxylic acids is 2. The van der Waals surface area contributed by atoms with E-state index in [1.807, 2.05) is 29.2 Å². The van der Waals surface area contributed by atoms with E-state index in [9.17, 15) is 9.59 Å². The summed E-state index contributed by atoms with van der Waals surface area (Å²) in [6, 6.07) is 12.9. The van der Waals surface area contributed by atoms with Gasteiger partial charge in [-0.3, -0.25) is 9.59 Å². The zero-order valence-corrected chi connectivity index (χ0v) is 17.8. The maximum absolute atomic E-state index is 12.7. The Hall–Kier alpha value is -3.22. The molecule has 0 saturated carbocycles. The summed E-state index contributed by atoms with van der Waals surface area (Å²) in [4.78, 5) is 27.3. The van der Waals surface area contributed by atoms with Crippen LogP contribution in [0.25, 0.3) is 0 Å². The highest BCUT2D eigenvalue weighted by Crippen LogP contribution is 2.30. The Labute approximate surface area is 182 Å². The number of nitrogens with zero attached hydrogens (tertiary/aromatic N) is 1. The number of amides is 2. The second-order valence-corrected chi connectivity index (χ2v) is 7.83. The molecule has 2 aliphatic heterocycles. The van der Waals surface area contributed by atoms with Crippen LogP contribution >= 0.6 is 0 Å². The topological polar surface area (TPSA) is 77.1 Å². The lowest BCUT2D eigenvalue weighted by Gasteiger charge is -2.32. The van der Waals surface area contributed by atoms with E-state index in [1.165, 1.54) is 0 Å². The minimum atomic E-state index is -0.130. The van der Waals surface area contributed by atoms with Crippen molar-refractivity contribution in [2.45, 2.75) is 31.7 Å². The number of rotatable bonds is 5. The normalized spacial score (nSPS) is 16.4. The second-order valence-electron chi connectivity index (χ2n) is 7.83. The molecule has 2 aromatic rings. The lowest BCUT2D eigenvalue weighted by atomic mass is 10.0. The maximum atomic E-state index is 12.7. The number of nitrogens with one attached hydrogen (secondary N) is 1. The minimum Gasteiger partial charge on any atom is -0.496 e. The molecule has 31 heavy (non-hydrogen) atoms. The van der Waals surface area contributed by atoms with E-state index in [0.29, 0.717) is 49.8 Å². The summed E-state index contributed by atoms with van der Waals surface area (Å²) in [6.45, 7) is 2.45. The van der Waals surface area contributed by atoms with Crippen molar-refractivity contribution >= 4 is 11.8 Å². The number of fused-ring (bicyclic) bond motifs is 1. The quantitative estimate of drug-likeness (QED) is 0.799. The van der Waals surface area contributed by atoms with Gasteiger partial charge in [-0.1, -0.05) is 18.2 Å². The van der Waals surface area contributed by atoms with Crippen molar-refractivity contribution in [2.24, 2.45) is 0 Å². The predicted molar refractivity (Wildman–Crippen MR) is 116 cm³/mol. The molecular formula is C24H28N2O5. The highest BCUT2D eigenvalue weighted by molar-refractivity contribution is 5.95. The van der Waals surface area contributed by atoms with Crippen molar-refractivity contribution in [1.29, 1.82) is 0 Å². The van der Waals surface area contributed by atoms with Crippen molar-refractivity contribution in [2.75, 3.05) is 33.4 Å². The molecule has 164 valence electrons. The van der Waals surface area contributed by atoms with E-state index in [-0.39, 0.29) is 17.9 Å². The molecular weight excluding hydrogens is 396 g/mol. The molecule has 1 fully saturated rings. The van der Waals surface area contributed by atoms with Crippen molar-refractivity contribution in [3.05, 3.63) is 53.6 Å². The summed E-state index contributed by atoms with van der Waals surface area (Å²) in [7, 11) is 1.61. The van der Waals surface area contributed by atoms with Crippen molar-refractivity contribution in [1.82, 2.24) is 10.2 Å². The number of hydrogen-bond acceptors (Lipinski definition) is 5. The number of likely N-dealkylation sites (tertiary alicyclic amines) is 1. The SMILES string of the molecule is COc1ccccc1CC(=O)N1CCC(NC(=O)c2ccc3c(c2)OCCCO3)CC1. The number of ether oxygens (including phenoxy) is 3. The molecule has 2 aliphatic rings. The molecule has 0 unspecified atom stereocenters. The van der Waals surface area contributed by atoms with E-state index < -0.39 is 0 Å². The average molecular weight is 424 g/mol. The van der Waals surface area contributed by atoms with Crippen LogP contribution in [0.15, 0.2) is 42.5 Å². The van der Waals surface area contributed by atoms with Crippen LogP contribution in [0, 0.1) is 0 Å². The largest absolute Gasteiger partial charge is 0.496 e. The Kier molecular flexibility index (Phi) is 6.60. The number of para-hydroxylation sites is 1. The van der Waals surface area contributed by atoms with Crippen molar-refractivity contribution in [3.8, 4) is 17.2 Å². The summed E-state index contributed by atoms with van der Waals surface area (Å²) in [5.74, 6) is 1.97. The first-order chi connectivity index (χ1) is 15.1. The molecule has 7 nitrogen and oxygen atoms in total. The number of hydrogen-bond donors (Lipinski definition) is 1. The van der Waals surface area contributed by atoms with Crippen LogP contribution in [0.1, 0.15) is 35.2 Å². The standard InChI is InChI=1S/C24H28N2O5/c1-29-20-6-3-2-5-17(20)16-23(27)26-11-9-19(10-12-26)25-24(28)18-7-8-21-22(15-18)31-14-4-13-30-21/h2-3,5-8,15,19H,4,9-14,16H2,1H3,(H,25,28). The number of carbonyl (C=O) groups is 2. The smallest absolute Gasteiger partial charge is 0.251 e. The number of benzene rings is 2. The third kappa shape index (κ3) is 5.10. The third-order valence-electron chi connectivity index (χ3n) is 5.73. The summed E-state index contributed by atoms with van der Waals surface area (Å²) in [5, 5.41) is 3.09. The fourth-order valence-electron chi connectivity index (χ4n) is 3.97.